The first kappa shape index (κ1) is 14.7. The van der Waals surface area contributed by atoms with Crippen LogP contribution >= 0.6 is 0 Å². The molecule has 5 heteroatoms. The van der Waals surface area contributed by atoms with Crippen LogP contribution in [-0.2, 0) is 6.54 Å². The molecule has 5 nitrogen and oxygen atoms in total. The molecule has 2 aliphatic heterocycles. The molecule has 2 saturated heterocycles. The van der Waals surface area contributed by atoms with E-state index in [2.05, 4.69) is 19.9 Å². The fourth-order valence-electron chi connectivity index (χ4n) is 4.36. The Morgan fingerprint density at radius 3 is 2.27 bits per heavy atom. The summed E-state index contributed by atoms with van der Waals surface area (Å²) in [6.45, 7) is 8.41. The van der Waals surface area contributed by atoms with Gasteiger partial charge in [0.05, 0.1) is 5.69 Å². The van der Waals surface area contributed by atoms with Crippen molar-refractivity contribution in [3.05, 3.63) is 18.0 Å². The van der Waals surface area contributed by atoms with Gasteiger partial charge in [-0.15, -0.1) is 0 Å². The molecule has 0 N–H and O–H groups in total. The van der Waals surface area contributed by atoms with Crippen LogP contribution in [0.15, 0.2) is 16.9 Å². The lowest BCUT2D eigenvalue weighted by atomic mass is 9.93. The summed E-state index contributed by atoms with van der Waals surface area (Å²) in [5.74, 6) is 0. The van der Waals surface area contributed by atoms with E-state index in [0.717, 1.165) is 24.3 Å². The highest BCUT2D eigenvalue weighted by Gasteiger charge is 2.34. The molecule has 4 rings (SSSR count). The maximum Gasteiger partial charge on any atom is 0.124 e. The van der Waals surface area contributed by atoms with E-state index >= 15 is 0 Å². The molecule has 0 spiro atoms. The van der Waals surface area contributed by atoms with Crippen molar-refractivity contribution in [2.75, 3.05) is 39.3 Å². The maximum absolute atomic E-state index is 4.90. The minimum atomic E-state index is 0.764. The zero-order valence-electron chi connectivity index (χ0n) is 13.5. The second-order valence-electron chi connectivity index (χ2n) is 7.20. The highest BCUT2D eigenvalue weighted by molar-refractivity contribution is 4.99. The molecule has 0 unspecified atom stereocenters. The van der Waals surface area contributed by atoms with Crippen molar-refractivity contribution in [2.45, 2.75) is 50.7 Å². The number of hydrogen-bond acceptors (Lipinski definition) is 5. The Hall–Kier alpha value is -0.910. The van der Waals surface area contributed by atoms with Crippen molar-refractivity contribution >= 4 is 0 Å². The lowest BCUT2D eigenvalue weighted by molar-refractivity contribution is -0.0111. The Balaban J connectivity index is 1.19. The van der Waals surface area contributed by atoms with Crippen molar-refractivity contribution in [3.63, 3.8) is 0 Å². The normalized spacial score (nSPS) is 27.1. The number of hydrogen-bond donors (Lipinski definition) is 0. The van der Waals surface area contributed by atoms with Crippen molar-refractivity contribution in [1.82, 2.24) is 19.9 Å². The van der Waals surface area contributed by atoms with Crippen LogP contribution in [-0.4, -0.2) is 71.2 Å². The summed E-state index contributed by atoms with van der Waals surface area (Å²) < 4.78 is 4.90. The molecule has 3 aliphatic rings. The van der Waals surface area contributed by atoms with Gasteiger partial charge in [-0.2, -0.15) is 0 Å². The van der Waals surface area contributed by atoms with Crippen molar-refractivity contribution < 1.29 is 4.52 Å². The van der Waals surface area contributed by atoms with Gasteiger partial charge in [-0.3, -0.25) is 14.7 Å². The van der Waals surface area contributed by atoms with Gasteiger partial charge in [0, 0.05) is 64.0 Å². The van der Waals surface area contributed by atoms with E-state index in [0.29, 0.717) is 0 Å². The summed E-state index contributed by atoms with van der Waals surface area (Å²) in [4.78, 5) is 7.94. The predicted molar refractivity (Wildman–Crippen MR) is 85.6 cm³/mol. The Labute approximate surface area is 133 Å². The summed E-state index contributed by atoms with van der Waals surface area (Å²) >= 11 is 0. The largest absolute Gasteiger partial charge is 0.364 e. The molecule has 0 atom stereocenters. The van der Waals surface area contributed by atoms with Crippen molar-refractivity contribution in [1.29, 1.82) is 0 Å². The fourth-order valence-corrected chi connectivity index (χ4v) is 4.36. The van der Waals surface area contributed by atoms with Crippen LogP contribution < -0.4 is 0 Å². The molecule has 0 radical (unpaired) electrons. The average Bonchev–Trinajstić information content (AvgIpc) is 3.05. The summed E-state index contributed by atoms with van der Waals surface area (Å²) in [5.41, 5.74) is 1.06. The molecule has 3 fully saturated rings. The van der Waals surface area contributed by atoms with Gasteiger partial charge in [-0.1, -0.05) is 24.4 Å². The van der Waals surface area contributed by atoms with Gasteiger partial charge in [0.15, 0.2) is 0 Å². The van der Waals surface area contributed by atoms with E-state index in [1.807, 2.05) is 6.07 Å². The first-order chi connectivity index (χ1) is 10.9. The minimum absolute atomic E-state index is 0.764. The first-order valence-corrected chi connectivity index (χ1v) is 8.98. The van der Waals surface area contributed by atoms with Crippen LogP contribution in [0.3, 0.4) is 0 Å². The second kappa shape index (κ2) is 6.69. The van der Waals surface area contributed by atoms with Gasteiger partial charge >= 0.3 is 0 Å². The number of rotatable bonds is 4. The van der Waals surface area contributed by atoms with Gasteiger partial charge in [0.2, 0.25) is 0 Å². The van der Waals surface area contributed by atoms with Crippen LogP contribution in [0.2, 0.25) is 0 Å². The third-order valence-corrected chi connectivity index (χ3v) is 5.77. The lowest BCUT2D eigenvalue weighted by Gasteiger charge is -2.49. The molecule has 0 aromatic carbocycles. The smallest absolute Gasteiger partial charge is 0.124 e. The molecule has 3 heterocycles. The van der Waals surface area contributed by atoms with E-state index in [9.17, 15) is 0 Å². The first-order valence-electron chi connectivity index (χ1n) is 8.98. The van der Waals surface area contributed by atoms with Crippen LogP contribution in [0, 0.1) is 0 Å². The van der Waals surface area contributed by atoms with E-state index in [1.54, 1.807) is 6.26 Å². The SMILES string of the molecule is c1cc(CN2CC(N3CCN(C4CCCCC4)CC3)C2)no1. The summed E-state index contributed by atoms with van der Waals surface area (Å²) in [7, 11) is 0. The second-order valence-corrected chi connectivity index (χ2v) is 7.20. The average molecular weight is 304 g/mol. The van der Waals surface area contributed by atoms with Gasteiger partial charge in [-0.05, 0) is 12.8 Å². The predicted octanol–water partition coefficient (Wildman–Crippen LogP) is 1.81. The number of piperazine rings is 1. The Morgan fingerprint density at radius 2 is 1.64 bits per heavy atom. The molecule has 0 bridgehead atoms. The van der Waals surface area contributed by atoms with E-state index < -0.39 is 0 Å². The Morgan fingerprint density at radius 1 is 0.955 bits per heavy atom. The highest BCUT2D eigenvalue weighted by Crippen LogP contribution is 2.25. The Kier molecular flexibility index (Phi) is 4.46. The quantitative estimate of drug-likeness (QED) is 0.848. The molecule has 1 aromatic rings. The van der Waals surface area contributed by atoms with Crippen LogP contribution in [0.1, 0.15) is 37.8 Å². The zero-order chi connectivity index (χ0) is 14.8. The monoisotopic (exact) mass is 304 g/mol. The topological polar surface area (TPSA) is 35.8 Å². The van der Waals surface area contributed by atoms with Gasteiger partial charge in [0.25, 0.3) is 0 Å². The molecule has 1 aromatic heterocycles. The lowest BCUT2D eigenvalue weighted by Crippen LogP contribution is -2.63. The van der Waals surface area contributed by atoms with Gasteiger partial charge in [-0.25, -0.2) is 0 Å². The third-order valence-electron chi connectivity index (χ3n) is 5.77. The zero-order valence-corrected chi connectivity index (χ0v) is 13.5. The number of nitrogens with zero attached hydrogens (tertiary/aromatic N) is 4. The van der Waals surface area contributed by atoms with Crippen LogP contribution in [0.25, 0.3) is 0 Å². The van der Waals surface area contributed by atoms with Gasteiger partial charge < -0.3 is 4.52 Å². The number of likely N-dealkylation sites (tertiary alicyclic amines) is 1. The molecular weight excluding hydrogens is 276 g/mol. The molecular formula is C17H28N4O. The van der Waals surface area contributed by atoms with E-state index in [1.165, 1.54) is 71.4 Å². The summed E-state index contributed by atoms with van der Waals surface area (Å²) in [5, 5.41) is 4.00. The minimum Gasteiger partial charge on any atom is -0.364 e. The summed E-state index contributed by atoms with van der Waals surface area (Å²) in [6, 6.07) is 3.62. The Bertz CT molecular complexity index is 443. The molecule has 122 valence electrons. The summed E-state index contributed by atoms with van der Waals surface area (Å²) in [6.07, 6.45) is 8.90. The van der Waals surface area contributed by atoms with Crippen LogP contribution in [0.5, 0.6) is 0 Å². The fraction of sp³-hybridized carbons (Fsp3) is 0.824. The van der Waals surface area contributed by atoms with E-state index in [4.69, 9.17) is 4.52 Å². The molecule has 22 heavy (non-hydrogen) atoms. The van der Waals surface area contributed by atoms with E-state index in [-0.39, 0.29) is 0 Å². The van der Waals surface area contributed by atoms with Crippen LogP contribution in [0.4, 0.5) is 0 Å². The molecule has 0 amide bonds. The number of aromatic nitrogens is 1. The standard InChI is InChI=1S/C17H28N4O/c1-2-4-16(5-3-1)20-7-9-21(10-8-20)17-13-19(14-17)12-15-6-11-22-18-15/h6,11,16-17H,1-5,7-10,12-14H2. The molecule has 1 aliphatic carbocycles. The van der Waals surface area contributed by atoms with Crippen molar-refractivity contribution in [3.8, 4) is 0 Å². The molecule has 1 saturated carbocycles. The third kappa shape index (κ3) is 3.21. The van der Waals surface area contributed by atoms with Gasteiger partial charge in [0.1, 0.15) is 6.26 Å². The maximum atomic E-state index is 4.90. The highest BCUT2D eigenvalue weighted by atomic mass is 16.5. The van der Waals surface area contributed by atoms with Crippen molar-refractivity contribution in [2.24, 2.45) is 0 Å².